The Morgan fingerprint density at radius 2 is 1.83 bits per heavy atom. The Morgan fingerprint density at radius 1 is 0.967 bits per heavy atom. The number of amides is 1. The molecule has 0 saturated carbocycles. The molecule has 0 N–H and O–H groups in total. The Labute approximate surface area is 176 Å². The number of aryl methyl sites for hydroxylation is 1. The number of benzene rings is 2. The van der Waals surface area contributed by atoms with Crippen LogP contribution in [-0.4, -0.2) is 58.2 Å². The minimum atomic E-state index is -0.323. The molecule has 0 bridgehead atoms. The van der Waals surface area contributed by atoms with E-state index in [1.165, 1.54) is 17.7 Å². The molecule has 6 heteroatoms. The number of hydrogen-bond donors (Lipinski definition) is 0. The normalized spacial score (nSPS) is 15.2. The van der Waals surface area contributed by atoms with Gasteiger partial charge in [-0.1, -0.05) is 36.4 Å². The van der Waals surface area contributed by atoms with Crippen LogP contribution in [0.2, 0.25) is 0 Å². The van der Waals surface area contributed by atoms with E-state index in [0.29, 0.717) is 17.9 Å². The van der Waals surface area contributed by atoms with Gasteiger partial charge in [0.05, 0.1) is 5.69 Å². The highest BCUT2D eigenvalue weighted by Crippen LogP contribution is 2.13. The van der Waals surface area contributed by atoms with Gasteiger partial charge in [0.25, 0.3) is 5.91 Å². The van der Waals surface area contributed by atoms with Crippen molar-refractivity contribution in [2.24, 2.45) is 0 Å². The van der Waals surface area contributed by atoms with Crippen LogP contribution in [0.15, 0.2) is 66.9 Å². The highest BCUT2D eigenvalue weighted by atomic mass is 19.1. The lowest BCUT2D eigenvalue weighted by Gasteiger charge is -2.21. The molecule has 0 radical (unpaired) electrons. The Hall–Kier alpha value is -2.99. The topological polar surface area (TPSA) is 41.4 Å². The smallest absolute Gasteiger partial charge is 0.274 e. The molecular weight excluding hydrogens is 379 g/mol. The van der Waals surface area contributed by atoms with Gasteiger partial charge in [-0.3, -0.25) is 4.79 Å². The first-order valence-corrected chi connectivity index (χ1v) is 10.6. The van der Waals surface area contributed by atoms with Crippen LogP contribution in [0.5, 0.6) is 0 Å². The van der Waals surface area contributed by atoms with E-state index in [0.717, 1.165) is 45.4 Å². The maximum absolute atomic E-state index is 13.5. The average Bonchev–Trinajstić information content (AvgIpc) is 3.14. The molecule has 0 aliphatic carbocycles. The molecular formula is C24H27FN4O. The summed E-state index contributed by atoms with van der Waals surface area (Å²) < 4.78 is 15.0. The molecule has 1 aliphatic heterocycles. The summed E-state index contributed by atoms with van der Waals surface area (Å²) in [5.74, 6) is -0.382. The number of aromatic nitrogens is 2. The molecule has 0 atom stereocenters. The van der Waals surface area contributed by atoms with Gasteiger partial charge >= 0.3 is 0 Å². The standard InChI is InChI=1S/C24H27FN4O/c25-21-10-4-11-22(19-21)29-16-12-23(26-29)24(30)28-15-6-14-27(17-18-28)13-5-9-20-7-2-1-3-8-20/h1-4,7-8,10-12,16,19H,5-6,9,13-15,17-18H2. The van der Waals surface area contributed by atoms with Crippen molar-refractivity contribution in [2.45, 2.75) is 19.3 Å². The molecule has 0 unspecified atom stereocenters. The van der Waals surface area contributed by atoms with Gasteiger partial charge < -0.3 is 9.80 Å². The highest BCUT2D eigenvalue weighted by Gasteiger charge is 2.22. The third kappa shape index (κ3) is 5.13. The van der Waals surface area contributed by atoms with Crippen LogP contribution in [0.4, 0.5) is 4.39 Å². The zero-order chi connectivity index (χ0) is 20.8. The van der Waals surface area contributed by atoms with E-state index in [1.54, 1.807) is 29.1 Å². The predicted molar refractivity (Wildman–Crippen MR) is 115 cm³/mol. The predicted octanol–water partition coefficient (Wildman–Crippen LogP) is 3.79. The average molecular weight is 407 g/mol. The van der Waals surface area contributed by atoms with Crippen LogP contribution in [0.1, 0.15) is 28.9 Å². The van der Waals surface area contributed by atoms with Crippen molar-refractivity contribution in [3.63, 3.8) is 0 Å². The third-order valence-corrected chi connectivity index (χ3v) is 5.54. The Balaban J connectivity index is 1.30. The van der Waals surface area contributed by atoms with Gasteiger partial charge in [-0.05, 0) is 62.2 Å². The molecule has 1 aliphatic rings. The Morgan fingerprint density at radius 3 is 2.67 bits per heavy atom. The minimum absolute atomic E-state index is 0.0590. The maximum Gasteiger partial charge on any atom is 0.274 e. The van der Waals surface area contributed by atoms with Gasteiger partial charge in [-0.2, -0.15) is 5.10 Å². The molecule has 2 aromatic carbocycles. The molecule has 3 aromatic rings. The van der Waals surface area contributed by atoms with Crippen LogP contribution < -0.4 is 0 Å². The van der Waals surface area contributed by atoms with Crippen LogP contribution >= 0.6 is 0 Å². The molecule has 1 amide bonds. The SMILES string of the molecule is O=C(c1ccn(-c2cccc(F)c2)n1)N1CCCN(CCCc2ccccc2)CC1. The molecule has 4 rings (SSSR count). The maximum atomic E-state index is 13.5. The molecule has 156 valence electrons. The lowest BCUT2D eigenvalue weighted by Crippen LogP contribution is -2.35. The number of hydrogen-bond acceptors (Lipinski definition) is 3. The number of rotatable bonds is 6. The monoisotopic (exact) mass is 406 g/mol. The second kappa shape index (κ2) is 9.67. The molecule has 1 aromatic heterocycles. The fourth-order valence-corrected chi connectivity index (χ4v) is 3.91. The van der Waals surface area contributed by atoms with Crippen LogP contribution in [0, 0.1) is 5.82 Å². The number of carbonyl (C=O) groups excluding carboxylic acids is 1. The number of nitrogens with zero attached hydrogens (tertiary/aromatic N) is 4. The molecule has 1 saturated heterocycles. The first kappa shape index (κ1) is 20.3. The third-order valence-electron chi connectivity index (χ3n) is 5.54. The summed E-state index contributed by atoms with van der Waals surface area (Å²) >= 11 is 0. The van der Waals surface area contributed by atoms with Crippen LogP contribution in [-0.2, 0) is 6.42 Å². The zero-order valence-corrected chi connectivity index (χ0v) is 17.1. The van der Waals surface area contributed by atoms with Crippen molar-refractivity contribution in [3.8, 4) is 5.69 Å². The zero-order valence-electron chi connectivity index (χ0n) is 17.1. The van der Waals surface area contributed by atoms with Gasteiger partial charge in [0, 0.05) is 25.8 Å². The fraction of sp³-hybridized carbons (Fsp3) is 0.333. The van der Waals surface area contributed by atoms with Crippen LogP contribution in [0.3, 0.4) is 0 Å². The van der Waals surface area contributed by atoms with E-state index in [4.69, 9.17) is 0 Å². The van der Waals surface area contributed by atoms with Gasteiger partial charge in [0.15, 0.2) is 5.69 Å². The lowest BCUT2D eigenvalue weighted by molar-refractivity contribution is 0.0755. The van der Waals surface area contributed by atoms with E-state index in [2.05, 4.69) is 34.3 Å². The summed E-state index contributed by atoms with van der Waals surface area (Å²) in [7, 11) is 0. The van der Waals surface area contributed by atoms with Crippen molar-refractivity contribution in [2.75, 3.05) is 32.7 Å². The summed E-state index contributed by atoms with van der Waals surface area (Å²) in [5, 5.41) is 4.37. The molecule has 30 heavy (non-hydrogen) atoms. The first-order chi connectivity index (χ1) is 14.7. The Bertz CT molecular complexity index is 972. The Kier molecular flexibility index (Phi) is 6.54. The number of carbonyl (C=O) groups is 1. The summed E-state index contributed by atoms with van der Waals surface area (Å²) in [6.45, 7) is 4.38. The van der Waals surface area contributed by atoms with E-state index in [-0.39, 0.29) is 11.7 Å². The van der Waals surface area contributed by atoms with E-state index in [1.807, 2.05) is 11.0 Å². The largest absolute Gasteiger partial charge is 0.336 e. The van der Waals surface area contributed by atoms with Crippen molar-refractivity contribution in [1.29, 1.82) is 0 Å². The minimum Gasteiger partial charge on any atom is -0.336 e. The van der Waals surface area contributed by atoms with Gasteiger partial charge in [0.1, 0.15) is 5.82 Å². The summed E-state index contributed by atoms with van der Waals surface area (Å²) in [6.07, 6.45) is 4.87. The highest BCUT2D eigenvalue weighted by molar-refractivity contribution is 5.92. The van der Waals surface area contributed by atoms with E-state index >= 15 is 0 Å². The van der Waals surface area contributed by atoms with E-state index in [9.17, 15) is 9.18 Å². The molecule has 0 spiro atoms. The molecule has 2 heterocycles. The van der Waals surface area contributed by atoms with Gasteiger partial charge in [-0.25, -0.2) is 9.07 Å². The summed E-state index contributed by atoms with van der Waals surface area (Å²) in [6, 6.07) is 18.5. The van der Waals surface area contributed by atoms with E-state index < -0.39 is 0 Å². The van der Waals surface area contributed by atoms with Crippen molar-refractivity contribution in [3.05, 3.63) is 83.9 Å². The first-order valence-electron chi connectivity index (χ1n) is 10.6. The molecule has 1 fully saturated rings. The van der Waals surface area contributed by atoms with Crippen molar-refractivity contribution < 1.29 is 9.18 Å². The molecule has 5 nitrogen and oxygen atoms in total. The van der Waals surface area contributed by atoms with Crippen LogP contribution in [0.25, 0.3) is 5.69 Å². The van der Waals surface area contributed by atoms with Gasteiger partial charge in [-0.15, -0.1) is 0 Å². The second-order valence-electron chi connectivity index (χ2n) is 7.70. The van der Waals surface area contributed by atoms with Gasteiger partial charge in [0.2, 0.25) is 0 Å². The fourth-order valence-electron chi connectivity index (χ4n) is 3.91. The lowest BCUT2D eigenvalue weighted by atomic mass is 10.1. The second-order valence-corrected chi connectivity index (χ2v) is 7.70. The van der Waals surface area contributed by atoms with Crippen molar-refractivity contribution in [1.82, 2.24) is 19.6 Å². The summed E-state index contributed by atoms with van der Waals surface area (Å²) in [5.41, 5.74) is 2.38. The summed E-state index contributed by atoms with van der Waals surface area (Å²) in [4.78, 5) is 17.3. The van der Waals surface area contributed by atoms with Crippen molar-refractivity contribution >= 4 is 5.91 Å². The quantitative estimate of drug-likeness (QED) is 0.625. The number of halogens is 1.